The Kier molecular flexibility index (Phi) is 9.13. The number of hydrogen-bond donors (Lipinski definition) is 2. The molecule has 2 aliphatic rings. The summed E-state index contributed by atoms with van der Waals surface area (Å²) >= 11 is 0. The van der Waals surface area contributed by atoms with Gasteiger partial charge in [-0.3, -0.25) is 24.2 Å². The lowest BCUT2D eigenvalue weighted by Gasteiger charge is -2.46. The molecule has 1 saturated heterocycles. The van der Waals surface area contributed by atoms with Crippen LogP contribution in [0.1, 0.15) is 54.6 Å². The van der Waals surface area contributed by atoms with Crippen LogP contribution in [0.5, 0.6) is 0 Å². The number of hydrogen-bond acceptors (Lipinski definition) is 7. The zero-order valence-electron chi connectivity index (χ0n) is 27.7. The van der Waals surface area contributed by atoms with Gasteiger partial charge in [0.25, 0.3) is 5.91 Å². The molecule has 12 heteroatoms. The lowest BCUT2D eigenvalue weighted by atomic mass is 9.75. The summed E-state index contributed by atoms with van der Waals surface area (Å²) in [6, 6.07) is 6.71. The van der Waals surface area contributed by atoms with Gasteiger partial charge in [-0.2, -0.15) is 5.10 Å². The van der Waals surface area contributed by atoms with Crippen LogP contribution in [-0.4, -0.2) is 74.3 Å². The smallest absolute Gasteiger partial charge is 0.257 e. The molecule has 0 radical (unpaired) electrons. The highest BCUT2D eigenvalue weighted by Gasteiger charge is 2.45. The van der Waals surface area contributed by atoms with E-state index < -0.39 is 8.07 Å². The lowest BCUT2D eigenvalue weighted by molar-refractivity contribution is -0.116. The summed E-state index contributed by atoms with van der Waals surface area (Å²) in [4.78, 5) is 37.9. The monoisotopic (exact) mass is 642 g/mol. The molecule has 0 aromatic carbocycles. The normalized spacial score (nSPS) is 16.2. The lowest BCUT2D eigenvalue weighted by Crippen LogP contribution is -2.49. The highest BCUT2D eigenvalue weighted by molar-refractivity contribution is 6.76. The van der Waals surface area contributed by atoms with Crippen molar-refractivity contribution in [3.05, 3.63) is 54.2 Å². The van der Waals surface area contributed by atoms with Crippen molar-refractivity contribution in [2.24, 2.45) is 7.05 Å². The average Bonchev–Trinajstić information content (AvgIpc) is 3.71. The molecule has 4 aromatic rings. The number of rotatable bonds is 12. The molecule has 6 rings (SSSR count). The van der Waals surface area contributed by atoms with Crippen molar-refractivity contribution in [2.45, 2.75) is 83.4 Å². The number of nitrogens with zero attached hydrogens (tertiary/aromatic N) is 6. The second-order valence-corrected chi connectivity index (χ2v) is 19.7. The first-order valence-corrected chi connectivity index (χ1v) is 20.1. The number of amides is 2. The summed E-state index contributed by atoms with van der Waals surface area (Å²) in [5, 5.41) is 11.1. The highest BCUT2D eigenvalue weighted by atomic mass is 28.3. The topological polar surface area (TPSA) is 119 Å². The van der Waals surface area contributed by atoms with E-state index in [9.17, 15) is 9.59 Å². The van der Waals surface area contributed by atoms with Crippen molar-refractivity contribution in [2.75, 3.05) is 30.3 Å². The first-order valence-electron chi connectivity index (χ1n) is 16.4. The summed E-state index contributed by atoms with van der Waals surface area (Å²) in [6.45, 7) is 11.7. The molecule has 2 fully saturated rings. The molecule has 11 nitrogen and oxygen atoms in total. The molecular weight excluding hydrogens is 597 g/mol. The molecule has 2 N–H and O–H groups in total. The molecule has 1 spiro atoms. The zero-order valence-corrected chi connectivity index (χ0v) is 28.7. The van der Waals surface area contributed by atoms with Crippen LogP contribution in [0.3, 0.4) is 0 Å². The molecular formula is C34H46N8O3Si. The predicted octanol–water partition coefficient (Wildman–Crippen LogP) is 6.05. The SMILES string of the molecule is Cc1ncc(NC(=O)CCN2CCCC23CCC3)cc1NC(=O)c1cnc2c(c1)cc(-c1cnn(C)c1)n2COCC[Si](C)(C)C. The largest absolute Gasteiger partial charge is 0.361 e. The van der Waals surface area contributed by atoms with Gasteiger partial charge in [0.2, 0.25) is 5.91 Å². The second kappa shape index (κ2) is 13.1. The Bertz CT molecular complexity index is 1740. The van der Waals surface area contributed by atoms with E-state index in [0.717, 1.165) is 41.4 Å². The number of aryl methyl sites for hydroxylation is 2. The van der Waals surface area contributed by atoms with Crippen molar-refractivity contribution in [3.63, 3.8) is 0 Å². The number of likely N-dealkylation sites (tertiary alicyclic amines) is 1. The first-order chi connectivity index (χ1) is 22.0. The molecule has 0 unspecified atom stereocenters. The van der Waals surface area contributed by atoms with E-state index in [-0.39, 0.29) is 11.8 Å². The van der Waals surface area contributed by atoms with Gasteiger partial charge in [-0.05, 0) is 69.8 Å². The summed E-state index contributed by atoms with van der Waals surface area (Å²) in [5.74, 6) is -0.345. The van der Waals surface area contributed by atoms with Gasteiger partial charge in [-0.15, -0.1) is 0 Å². The Balaban J connectivity index is 1.14. The molecule has 5 heterocycles. The van der Waals surface area contributed by atoms with Crippen LogP contribution >= 0.6 is 0 Å². The minimum Gasteiger partial charge on any atom is -0.361 e. The van der Waals surface area contributed by atoms with Crippen molar-refractivity contribution in [1.29, 1.82) is 0 Å². The van der Waals surface area contributed by atoms with Crippen molar-refractivity contribution in [1.82, 2.24) is 29.2 Å². The molecule has 1 aliphatic heterocycles. The van der Waals surface area contributed by atoms with Crippen LogP contribution in [0.25, 0.3) is 22.3 Å². The van der Waals surface area contributed by atoms with Gasteiger partial charge in [0.1, 0.15) is 12.4 Å². The number of anilines is 2. The molecule has 4 aromatic heterocycles. The van der Waals surface area contributed by atoms with Gasteiger partial charge in [0, 0.05) is 63.6 Å². The van der Waals surface area contributed by atoms with Crippen LogP contribution in [0.4, 0.5) is 11.4 Å². The van der Waals surface area contributed by atoms with Gasteiger partial charge in [0.15, 0.2) is 0 Å². The van der Waals surface area contributed by atoms with Crippen molar-refractivity contribution in [3.8, 4) is 11.3 Å². The molecule has 2 amide bonds. The third-order valence-electron chi connectivity index (χ3n) is 9.47. The first kappa shape index (κ1) is 32.1. The maximum Gasteiger partial charge on any atom is 0.257 e. The van der Waals surface area contributed by atoms with Gasteiger partial charge < -0.3 is 19.9 Å². The van der Waals surface area contributed by atoms with Gasteiger partial charge in [-0.1, -0.05) is 19.6 Å². The number of pyridine rings is 2. The van der Waals surface area contributed by atoms with E-state index in [1.54, 1.807) is 23.1 Å². The quantitative estimate of drug-likeness (QED) is 0.143. The second-order valence-electron chi connectivity index (χ2n) is 14.1. The summed E-state index contributed by atoms with van der Waals surface area (Å²) < 4.78 is 9.91. The van der Waals surface area contributed by atoms with Crippen molar-refractivity contribution >= 4 is 42.3 Å². The number of carbonyl (C=O) groups excluding carboxylic acids is 2. The van der Waals surface area contributed by atoms with E-state index >= 15 is 0 Å². The predicted molar refractivity (Wildman–Crippen MR) is 184 cm³/mol. The molecule has 0 bridgehead atoms. The van der Waals surface area contributed by atoms with E-state index in [4.69, 9.17) is 9.72 Å². The number of ether oxygens (including phenoxy) is 1. The maximum absolute atomic E-state index is 13.4. The Labute approximate surface area is 271 Å². The van der Waals surface area contributed by atoms with E-state index in [1.165, 1.54) is 32.1 Å². The van der Waals surface area contributed by atoms with Crippen LogP contribution < -0.4 is 10.6 Å². The molecule has 244 valence electrons. The van der Waals surface area contributed by atoms with Crippen LogP contribution in [0.15, 0.2) is 43.0 Å². The van der Waals surface area contributed by atoms with Gasteiger partial charge in [-0.25, -0.2) is 4.98 Å². The third kappa shape index (κ3) is 7.08. The van der Waals surface area contributed by atoms with Crippen LogP contribution in [-0.2, 0) is 23.3 Å². The molecule has 1 saturated carbocycles. The summed E-state index contributed by atoms with van der Waals surface area (Å²) in [7, 11) is 0.663. The van der Waals surface area contributed by atoms with Gasteiger partial charge in [0.05, 0.1) is 40.7 Å². The van der Waals surface area contributed by atoms with E-state index in [0.29, 0.717) is 47.9 Å². The number of nitrogens with one attached hydrogen (secondary N) is 2. The Morgan fingerprint density at radius 1 is 1.02 bits per heavy atom. The molecule has 46 heavy (non-hydrogen) atoms. The fourth-order valence-corrected chi connectivity index (χ4v) is 7.36. The third-order valence-corrected chi connectivity index (χ3v) is 11.2. The zero-order chi connectivity index (χ0) is 32.5. The molecule has 0 atom stereocenters. The summed E-state index contributed by atoms with van der Waals surface area (Å²) in [6.07, 6.45) is 13.7. The average molecular weight is 643 g/mol. The Hall–Kier alpha value is -3.87. The number of fused-ring (bicyclic) bond motifs is 1. The summed E-state index contributed by atoms with van der Waals surface area (Å²) in [5.41, 5.74) is 5.15. The Morgan fingerprint density at radius 3 is 2.54 bits per heavy atom. The van der Waals surface area contributed by atoms with Crippen LogP contribution in [0, 0.1) is 6.92 Å². The highest BCUT2D eigenvalue weighted by Crippen LogP contribution is 2.45. The minimum absolute atomic E-state index is 0.0441. The standard InChI is InChI=1S/C34H46N8O3Si/c1-24-29(18-28(21-35-24)38-31(43)8-13-41-12-7-11-34(41)9-6-10-34)39-33(44)26-16-25-17-30(27-20-37-40(2)22-27)42(32(25)36-19-26)23-45-14-15-46(3,4)5/h16-22H,6-15,23H2,1-5H3,(H,38,43)(H,39,44). The number of aromatic nitrogens is 5. The van der Waals surface area contributed by atoms with Gasteiger partial charge >= 0.3 is 0 Å². The van der Waals surface area contributed by atoms with Crippen molar-refractivity contribution < 1.29 is 14.3 Å². The fourth-order valence-electron chi connectivity index (χ4n) is 6.60. The molecule has 1 aliphatic carbocycles. The van der Waals surface area contributed by atoms with E-state index in [2.05, 4.69) is 45.3 Å². The Morgan fingerprint density at radius 2 is 1.83 bits per heavy atom. The fraction of sp³-hybridized carbons (Fsp3) is 0.500. The number of carbonyl (C=O) groups is 2. The van der Waals surface area contributed by atoms with E-state index in [1.807, 2.05) is 43.1 Å². The maximum atomic E-state index is 13.4. The van der Waals surface area contributed by atoms with Crippen LogP contribution in [0.2, 0.25) is 25.7 Å². The minimum atomic E-state index is -1.22.